The number of ketones is 2. The van der Waals surface area contributed by atoms with Gasteiger partial charge in [-0.25, -0.2) is 0 Å². The van der Waals surface area contributed by atoms with Crippen molar-refractivity contribution in [2.24, 2.45) is 22.7 Å². The van der Waals surface area contributed by atoms with E-state index < -0.39 is 0 Å². The number of hydrogen-bond donors (Lipinski definition) is 0. The average Bonchev–Trinajstić information content (AvgIpc) is 2.23. The summed E-state index contributed by atoms with van der Waals surface area (Å²) in [5, 5.41) is 0. The molecule has 1 unspecified atom stereocenters. The third-order valence-corrected chi connectivity index (χ3v) is 4.92. The first-order valence-electron chi connectivity index (χ1n) is 6.33. The second kappa shape index (κ2) is 3.41. The summed E-state index contributed by atoms with van der Waals surface area (Å²) in [6.07, 6.45) is 3.50. The number of Topliss-reactive ketones (excluding diaryl/α,β-unsaturated/α-hetero) is 2. The maximum atomic E-state index is 12.5. The van der Waals surface area contributed by atoms with Crippen LogP contribution in [0.1, 0.15) is 53.4 Å². The molecular formula is C14H22O2. The van der Waals surface area contributed by atoms with Gasteiger partial charge in [0.25, 0.3) is 0 Å². The van der Waals surface area contributed by atoms with Crippen molar-refractivity contribution in [3.63, 3.8) is 0 Å². The molecule has 0 amide bonds. The lowest BCUT2D eigenvalue weighted by Gasteiger charge is -2.37. The van der Waals surface area contributed by atoms with Crippen molar-refractivity contribution in [1.82, 2.24) is 0 Å². The van der Waals surface area contributed by atoms with Gasteiger partial charge in [-0.3, -0.25) is 9.59 Å². The van der Waals surface area contributed by atoms with Crippen molar-refractivity contribution in [2.75, 3.05) is 0 Å². The maximum Gasteiger partial charge on any atom is 0.143 e. The van der Waals surface area contributed by atoms with Crippen LogP contribution in [-0.4, -0.2) is 11.6 Å². The molecule has 0 aromatic carbocycles. The predicted octanol–water partition coefficient (Wildman–Crippen LogP) is 3.00. The molecule has 0 saturated heterocycles. The molecule has 2 aliphatic rings. The molecule has 90 valence electrons. The van der Waals surface area contributed by atoms with E-state index in [2.05, 4.69) is 20.8 Å². The highest BCUT2D eigenvalue weighted by atomic mass is 16.1. The number of rotatable bonds is 2. The van der Waals surface area contributed by atoms with Gasteiger partial charge in [-0.05, 0) is 37.5 Å². The van der Waals surface area contributed by atoms with Gasteiger partial charge in [-0.1, -0.05) is 20.8 Å². The fourth-order valence-electron chi connectivity index (χ4n) is 4.13. The third-order valence-electron chi connectivity index (χ3n) is 4.92. The first-order valence-corrected chi connectivity index (χ1v) is 6.33. The van der Waals surface area contributed by atoms with Gasteiger partial charge in [0.15, 0.2) is 0 Å². The van der Waals surface area contributed by atoms with Crippen molar-refractivity contribution in [2.45, 2.75) is 53.4 Å². The van der Waals surface area contributed by atoms with Crippen molar-refractivity contribution in [3.8, 4) is 0 Å². The van der Waals surface area contributed by atoms with Gasteiger partial charge in [0.2, 0.25) is 0 Å². The highest BCUT2D eigenvalue weighted by Crippen LogP contribution is 2.61. The highest BCUT2D eigenvalue weighted by molar-refractivity contribution is 5.95. The molecule has 0 aromatic heterocycles. The van der Waals surface area contributed by atoms with Gasteiger partial charge in [-0.2, -0.15) is 0 Å². The van der Waals surface area contributed by atoms with Crippen molar-refractivity contribution >= 4 is 11.6 Å². The minimum atomic E-state index is -0.321. The second-order valence-electron chi connectivity index (χ2n) is 6.60. The standard InChI is InChI=1S/C14H22O2/c1-9-5-6-11-12(16)14(9,7-10(2)15)8-13(11,3)4/h9,11H,5-8H2,1-4H3/t9-,11?,14+/m1/s1. The second-order valence-corrected chi connectivity index (χ2v) is 6.60. The molecule has 0 radical (unpaired) electrons. The molecule has 2 nitrogen and oxygen atoms in total. The molecule has 0 aliphatic heterocycles. The summed E-state index contributed by atoms with van der Waals surface area (Å²) >= 11 is 0. The lowest BCUT2D eigenvalue weighted by molar-refractivity contribution is -0.139. The molecule has 2 fully saturated rings. The molecule has 3 atom stereocenters. The fraction of sp³-hybridized carbons (Fsp3) is 0.857. The zero-order chi connectivity index (χ0) is 12.1. The Morgan fingerprint density at radius 1 is 1.38 bits per heavy atom. The summed E-state index contributed by atoms with van der Waals surface area (Å²) in [5.41, 5.74) is -0.227. The van der Waals surface area contributed by atoms with Gasteiger partial charge >= 0.3 is 0 Å². The van der Waals surface area contributed by atoms with Gasteiger partial charge < -0.3 is 0 Å². The Bertz CT molecular complexity index is 343. The van der Waals surface area contributed by atoms with Crippen LogP contribution in [0.2, 0.25) is 0 Å². The lowest BCUT2D eigenvalue weighted by atomic mass is 9.65. The minimum absolute atomic E-state index is 0.0945. The van der Waals surface area contributed by atoms with E-state index in [9.17, 15) is 9.59 Å². The molecule has 0 heterocycles. The number of hydrogen-bond acceptors (Lipinski definition) is 2. The summed E-state index contributed by atoms with van der Waals surface area (Å²) in [6.45, 7) is 8.15. The molecule has 2 aliphatic carbocycles. The van der Waals surface area contributed by atoms with Gasteiger partial charge in [0.1, 0.15) is 11.6 Å². The summed E-state index contributed by atoms with van der Waals surface area (Å²) in [4.78, 5) is 24.0. The first-order chi connectivity index (χ1) is 7.29. The van der Waals surface area contributed by atoms with E-state index in [1.165, 1.54) is 0 Å². The van der Waals surface area contributed by atoms with E-state index in [1.54, 1.807) is 6.92 Å². The van der Waals surface area contributed by atoms with Crippen LogP contribution >= 0.6 is 0 Å². The summed E-state index contributed by atoms with van der Waals surface area (Å²) in [6, 6.07) is 0. The Morgan fingerprint density at radius 2 is 2.00 bits per heavy atom. The van der Waals surface area contributed by atoms with Crippen LogP contribution in [0.5, 0.6) is 0 Å². The van der Waals surface area contributed by atoms with E-state index in [4.69, 9.17) is 0 Å². The van der Waals surface area contributed by atoms with Gasteiger partial charge in [0.05, 0.1) is 0 Å². The smallest absolute Gasteiger partial charge is 0.143 e. The molecule has 2 heteroatoms. The van der Waals surface area contributed by atoms with Crippen LogP contribution in [0, 0.1) is 22.7 Å². The normalized spacial score (nSPS) is 41.1. The van der Waals surface area contributed by atoms with E-state index >= 15 is 0 Å². The number of carbonyl (C=O) groups is 2. The van der Waals surface area contributed by atoms with E-state index in [0.29, 0.717) is 18.1 Å². The Kier molecular flexibility index (Phi) is 2.52. The third kappa shape index (κ3) is 1.46. The number of fused-ring (bicyclic) bond motifs is 2. The Balaban J connectivity index is 2.41. The lowest BCUT2D eigenvalue weighted by Crippen LogP contribution is -2.40. The van der Waals surface area contributed by atoms with Crippen LogP contribution < -0.4 is 0 Å². The van der Waals surface area contributed by atoms with Crippen molar-refractivity contribution in [1.29, 1.82) is 0 Å². The summed E-state index contributed by atoms with van der Waals surface area (Å²) < 4.78 is 0. The van der Waals surface area contributed by atoms with Crippen LogP contribution in [0.3, 0.4) is 0 Å². The molecule has 0 N–H and O–H groups in total. The molecular weight excluding hydrogens is 200 g/mol. The van der Waals surface area contributed by atoms with Crippen LogP contribution in [-0.2, 0) is 9.59 Å². The fourth-order valence-corrected chi connectivity index (χ4v) is 4.13. The quantitative estimate of drug-likeness (QED) is 0.719. The Labute approximate surface area is 97.8 Å². The zero-order valence-corrected chi connectivity index (χ0v) is 10.8. The molecule has 0 spiro atoms. The molecule has 2 saturated carbocycles. The highest BCUT2D eigenvalue weighted by Gasteiger charge is 2.61. The van der Waals surface area contributed by atoms with Crippen LogP contribution in [0.15, 0.2) is 0 Å². The SMILES string of the molecule is CC(=O)C[C@]12CC(C)(C)C(CC[C@H]1C)C2=O. The van der Waals surface area contributed by atoms with E-state index in [1.807, 2.05) is 0 Å². The van der Waals surface area contributed by atoms with Crippen LogP contribution in [0.25, 0.3) is 0 Å². The van der Waals surface area contributed by atoms with Crippen LogP contribution in [0.4, 0.5) is 0 Å². The largest absolute Gasteiger partial charge is 0.300 e. The van der Waals surface area contributed by atoms with E-state index in [0.717, 1.165) is 19.3 Å². The monoisotopic (exact) mass is 222 g/mol. The summed E-state index contributed by atoms with van der Waals surface area (Å²) in [7, 11) is 0. The van der Waals surface area contributed by atoms with Crippen molar-refractivity contribution in [3.05, 3.63) is 0 Å². The minimum Gasteiger partial charge on any atom is -0.300 e. The molecule has 2 rings (SSSR count). The zero-order valence-electron chi connectivity index (χ0n) is 10.8. The van der Waals surface area contributed by atoms with Crippen molar-refractivity contribution < 1.29 is 9.59 Å². The topological polar surface area (TPSA) is 34.1 Å². The first kappa shape index (κ1) is 11.8. The number of carbonyl (C=O) groups excluding carboxylic acids is 2. The van der Waals surface area contributed by atoms with E-state index in [-0.39, 0.29) is 22.5 Å². The summed E-state index contributed by atoms with van der Waals surface area (Å²) in [5.74, 6) is 1.12. The Morgan fingerprint density at radius 3 is 2.56 bits per heavy atom. The van der Waals surface area contributed by atoms with Gasteiger partial charge in [-0.15, -0.1) is 0 Å². The maximum absolute atomic E-state index is 12.5. The molecule has 16 heavy (non-hydrogen) atoms. The molecule has 0 aromatic rings. The van der Waals surface area contributed by atoms with Gasteiger partial charge in [0, 0.05) is 17.8 Å². The molecule has 2 bridgehead atoms. The Hall–Kier alpha value is -0.660. The average molecular weight is 222 g/mol. The predicted molar refractivity (Wildman–Crippen MR) is 63.0 cm³/mol.